The molecule has 0 spiro atoms. The molecule has 1 heterocycles. The van der Waals surface area contributed by atoms with Crippen LogP contribution in [0.1, 0.15) is 48.0 Å². The molecule has 1 aliphatic heterocycles. The van der Waals surface area contributed by atoms with Crippen LogP contribution in [0, 0.1) is 6.92 Å². The molecule has 0 atom stereocenters. The van der Waals surface area contributed by atoms with Gasteiger partial charge in [-0.25, -0.2) is 0 Å². The zero-order valence-electron chi connectivity index (χ0n) is 16.7. The first-order valence-electron chi connectivity index (χ1n) is 10.1. The van der Waals surface area contributed by atoms with Gasteiger partial charge in [-0.1, -0.05) is 23.7 Å². The molecule has 29 heavy (non-hydrogen) atoms. The number of carbonyl (C=O) groups excluding carboxylic acids is 2. The summed E-state index contributed by atoms with van der Waals surface area (Å²) >= 11 is 6.01. The lowest BCUT2D eigenvalue weighted by molar-refractivity contribution is -0.116. The monoisotopic (exact) mass is 414 g/mol. The standard InChI is InChI=1S/C23H27ClN2O3/c1-17-16-18(11-12-20(17)24)29-15-7-10-22(27)25-21-9-4-3-8-19(21)23(28)26-13-5-2-6-14-26/h3-4,8-9,11-12,16H,2,5-7,10,13-15H2,1H3,(H,25,27). The Morgan fingerprint density at radius 1 is 1.10 bits per heavy atom. The third-order valence-corrected chi connectivity index (χ3v) is 5.45. The van der Waals surface area contributed by atoms with Gasteiger partial charge in [-0.3, -0.25) is 9.59 Å². The van der Waals surface area contributed by atoms with Crippen LogP contribution in [-0.4, -0.2) is 36.4 Å². The molecule has 2 aromatic rings. The Morgan fingerprint density at radius 2 is 1.86 bits per heavy atom. The van der Waals surface area contributed by atoms with Crippen LogP contribution in [0.2, 0.25) is 5.02 Å². The van der Waals surface area contributed by atoms with Gasteiger partial charge in [0.15, 0.2) is 0 Å². The number of piperidine rings is 1. The third-order valence-electron chi connectivity index (χ3n) is 5.02. The topological polar surface area (TPSA) is 58.6 Å². The number of ether oxygens (including phenoxy) is 1. The summed E-state index contributed by atoms with van der Waals surface area (Å²) in [5, 5.41) is 3.59. The summed E-state index contributed by atoms with van der Waals surface area (Å²) in [5.41, 5.74) is 2.08. The van der Waals surface area contributed by atoms with E-state index in [0.29, 0.717) is 35.7 Å². The fourth-order valence-corrected chi connectivity index (χ4v) is 3.51. The molecule has 0 aliphatic carbocycles. The number of halogens is 1. The first-order chi connectivity index (χ1) is 14.0. The minimum absolute atomic E-state index is 0.0120. The summed E-state index contributed by atoms with van der Waals surface area (Å²) in [6.45, 7) is 3.92. The first-order valence-corrected chi connectivity index (χ1v) is 10.5. The van der Waals surface area contributed by atoms with Crippen LogP contribution >= 0.6 is 11.6 Å². The summed E-state index contributed by atoms with van der Waals surface area (Å²) in [4.78, 5) is 27.1. The van der Waals surface area contributed by atoms with Crippen LogP contribution in [0.3, 0.4) is 0 Å². The number of hydrogen-bond acceptors (Lipinski definition) is 3. The lowest BCUT2D eigenvalue weighted by Crippen LogP contribution is -2.36. The van der Waals surface area contributed by atoms with Crippen LogP contribution < -0.4 is 10.1 Å². The quantitative estimate of drug-likeness (QED) is 0.643. The first kappa shape index (κ1) is 21.2. The summed E-state index contributed by atoms with van der Waals surface area (Å²) in [5.74, 6) is 0.603. The van der Waals surface area contributed by atoms with Crippen molar-refractivity contribution in [2.24, 2.45) is 0 Å². The van der Waals surface area contributed by atoms with Crippen molar-refractivity contribution < 1.29 is 14.3 Å². The highest BCUT2D eigenvalue weighted by Gasteiger charge is 2.21. The van der Waals surface area contributed by atoms with Gasteiger partial charge in [0.05, 0.1) is 17.9 Å². The molecule has 0 radical (unpaired) electrons. The van der Waals surface area contributed by atoms with Crippen molar-refractivity contribution in [1.29, 1.82) is 0 Å². The van der Waals surface area contributed by atoms with E-state index in [2.05, 4.69) is 5.32 Å². The molecule has 1 aliphatic rings. The van der Waals surface area contributed by atoms with Crippen molar-refractivity contribution in [3.05, 3.63) is 58.6 Å². The van der Waals surface area contributed by atoms with E-state index in [-0.39, 0.29) is 11.8 Å². The number of benzene rings is 2. The second kappa shape index (κ2) is 10.3. The van der Waals surface area contributed by atoms with E-state index in [1.807, 2.05) is 36.1 Å². The number of anilines is 1. The van der Waals surface area contributed by atoms with Crippen molar-refractivity contribution in [2.45, 2.75) is 39.0 Å². The van der Waals surface area contributed by atoms with E-state index in [9.17, 15) is 9.59 Å². The highest BCUT2D eigenvalue weighted by molar-refractivity contribution is 6.31. The molecule has 1 fully saturated rings. The number of rotatable bonds is 7. The summed E-state index contributed by atoms with van der Waals surface area (Å²) in [6.07, 6.45) is 4.13. The van der Waals surface area contributed by atoms with Crippen LogP contribution in [-0.2, 0) is 4.79 Å². The fraction of sp³-hybridized carbons (Fsp3) is 0.391. The molecule has 0 bridgehead atoms. The van der Waals surface area contributed by atoms with Gasteiger partial charge in [0.1, 0.15) is 5.75 Å². The highest BCUT2D eigenvalue weighted by Crippen LogP contribution is 2.22. The van der Waals surface area contributed by atoms with Gasteiger partial charge in [0.25, 0.3) is 5.91 Å². The van der Waals surface area contributed by atoms with Crippen LogP contribution in [0.5, 0.6) is 5.75 Å². The normalized spacial score (nSPS) is 13.8. The van der Waals surface area contributed by atoms with Crippen molar-refractivity contribution in [2.75, 3.05) is 25.0 Å². The molecule has 1 N–H and O–H groups in total. The van der Waals surface area contributed by atoms with Crippen molar-refractivity contribution in [3.63, 3.8) is 0 Å². The zero-order chi connectivity index (χ0) is 20.6. The highest BCUT2D eigenvalue weighted by atomic mass is 35.5. The average molecular weight is 415 g/mol. The molecule has 1 saturated heterocycles. The van der Waals surface area contributed by atoms with E-state index in [4.69, 9.17) is 16.3 Å². The van der Waals surface area contributed by atoms with Gasteiger partial charge in [0.2, 0.25) is 5.91 Å². The zero-order valence-corrected chi connectivity index (χ0v) is 17.5. The Hall–Kier alpha value is -2.53. The number of amides is 2. The van der Waals surface area contributed by atoms with Crippen LogP contribution in [0.4, 0.5) is 5.69 Å². The Balaban J connectivity index is 1.50. The Morgan fingerprint density at radius 3 is 2.62 bits per heavy atom. The third kappa shape index (κ3) is 5.97. The molecule has 0 unspecified atom stereocenters. The maximum Gasteiger partial charge on any atom is 0.255 e. The molecule has 0 saturated carbocycles. The van der Waals surface area contributed by atoms with Crippen LogP contribution in [0.15, 0.2) is 42.5 Å². The van der Waals surface area contributed by atoms with Crippen molar-refractivity contribution in [1.82, 2.24) is 4.90 Å². The summed E-state index contributed by atoms with van der Waals surface area (Å²) in [6, 6.07) is 12.7. The molecule has 2 aromatic carbocycles. The van der Waals surface area contributed by atoms with E-state index >= 15 is 0 Å². The van der Waals surface area contributed by atoms with Gasteiger partial charge >= 0.3 is 0 Å². The Bertz CT molecular complexity index is 863. The van der Waals surface area contributed by atoms with Gasteiger partial charge in [0, 0.05) is 24.5 Å². The molecule has 3 rings (SSSR count). The van der Waals surface area contributed by atoms with E-state index in [1.165, 1.54) is 6.42 Å². The number of nitrogens with zero attached hydrogens (tertiary/aromatic N) is 1. The maximum absolute atomic E-state index is 12.8. The number of hydrogen-bond donors (Lipinski definition) is 1. The summed E-state index contributed by atoms with van der Waals surface area (Å²) < 4.78 is 5.68. The molecular weight excluding hydrogens is 388 g/mol. The largest absolute Gasteiger partial charge is 0.494 e. The number of aryl methyl sites for hydroxylation is 1. The van der Waals surface area contributed by atoms with Gasteiger partial charge in [-0.15, -0.1) is 0 Å². The molecule has 154 valence electrons. The number of likely N-dealkylation sites (tertiary alicyclic amines) is 1. The van der Waals surface area contributed by atoms with Crippen molar-refractivity contribution in [3.8, 4) is 5.75 Å². The Kier molecular flexibility index (Phi) is 7.53. The van der Waals surface area contributed by atoms with E-state index in [0.717, 1.165) is 37.2 Å². The second-order valence-corrected chi connectivity index (χ2v) is 7.72. The number of nitrogens with one attached hydrogen (secondary N) is 1. The van der Waals surface area contributed by atoms with E-state index < -0.39 is 0 Å². The lowest BCUT2D eigenvalue weighted by Gasteiger charge is -2.27. The predicted molar refractivity (Wildman–Crippen MR) is 116 cm³/mol. The minimum atomic E-state index is -0.125. The van der Waals surface area contributed by atoms with Gasteiger partial charge in [-0.2, -0.15) is 0 Å². The lowest BCUT2D eigenvalue weighted by atomic mass is 10.1. The molecule has 2 amide bonds. The number of carbonyl (C=O) groups is 2. The second-order valence-electron chi connectivity index (χ2n) is 7.31. The number of para-hydroxylation sites is 1. The molecule has 5 nitrogen and oxygen atoms in total. The molecule has 6 heteroatoms. The minimum Gasteiger partial charge on any atom is -0.494 e. The van der Waals surface area contributed by atoms with Gasteiger partial charge < -0.3 is 15.0 Å². The molecule has 0 aromatic heterocycles. The van der Waals surface area contributed by atoms with E-state index in [1.54, 1.807) is 18.2 Å². The average Bonchev–Trinajstić information content (AvgIpc) is 2.74. The predicted octanol–water partition coefficient (Wildman–Crippen LogP) is 5.07. The Labute approximate surface area is 177 Å². The van der Waals surface area contributed by atoms with Crippen LogP contribution in [0.25, 0.3) is 0 Å². The van der Waals surface area contributed by atoms with Gasteiger partial charge in [-0.05, 0) is 68.5 Å². The summed E-state index contributed by atoms with van der Waals surface area (Å²) in [7, 11) is 0. The molecular formula is C23H27ClN2O3. The smallest absolute Gasteiger partial charge is 0.255 e. The maximum atomic E-state index is 12.8. The fourth-order valence-electron chi connectivity index (χ4n) is 3.39. The van der Waals surface area contributed by atoms with Crippen molar-refractivity contribution >= 4 is 29.1 Å². The SMILES string of the molecule is Cc1cc(OCCCC(=O)Nc2ccccc2C(=O)N2CCCCC2)ccc1Cl.